The number of ether oxygens (including phenoxy) is 2. The Balaban J connectivity index is 2.06. The van der Waals surface area contributed by atoms with Gasteiger partial charge in [0.15, 0.2) is 0 Å². The van der Waals surface area contributed by atoms with E-state index in [0.29, 0.717) is 29.4 Å². The summed E-state index contributed by atoms with van der Waals surface area (Å²) in [6.07, 6.45) is 2.23. The quantitative estimate of drug-likeness (QED) is 0.581. The molecule has 2 aromatic rings. The number of anilines is 1. The van der Waals surface area contributed by atoms with Crippen LogP contribution < -0.4 is 19.7 Å². The number of amides is 4. The zero-order valence-electron chi connectivity index (χ0n) is 17.4. The van der Waals surface area contributed by atoms with Crippen LogP contribution in [-0.2, 0) is 9.59 Å². The number of urea groups is 1. The monoisotopic (exact) mass is 408 g/mol. The third-order valence-corrected chi connectivity index (χ3v) is 4.69. The second kappa shape index (κ2) is 8.82. The molecule has 3 rings (SSSR count). The van der Waals surface area contributed by atoms with Gasteiger partial charge in [-0.25, -0.2) is 9.69 Å². The van der Waals surface area contributed by atoms with Crippen LogP contribution in [0.3, 0.4) is 0 Å². The molecular weight excluding hydrogens is 384 g/mol. The van der Waals surface area contributed by atoms with Gasteiger partial charge in [-0.2, -0.15) is 0 Å². The summed E-state index contributed by atoms with van der Waals surface area (Å²) in [5, 5.41) is 2.25. The third-order valence-electron chi connectivity index (χ3n) is 4.69. The second-order valence-corrected chi connectivity index (χ2v) is 7.00. The first-order valence-corrected chi connectivity index (χ1v) is 9.65. The number of carbonyl (C=O) groups excluding carboxylic acids is 3. The van der Waals surface area contributed by atoms with E-state index in [-0.39, 0.29) is 5.57 Å². The number of nitrogens with zero attached hydrogens (tertiary/aromatic N) is 1. The molecular formula is C23H24N2O5. The van der Waals surface area contributed by atoms with Crippen LogP contribution in [-0.4, -0.2) is 31.6 Å². The largest absolute Gasteiger partial charge is 0.497 e. The van der Waals surface area contributed by atoms with Gasteiger partial charge < -0.3 is 9.47 Å². The van der Waals surface area contributed by atoms with Crippen molar-refractivity contribution in [3.8, 4) is 11.5 Å². The van der Waals surface area contributed by atoms with Gasteiger partial charge in [0.25, 0.3) is 11.8 Å². The lowest BCUT2D eigenvalue weighted by molar-refractivity contribution is -0.122. The molecule has 0 aliphatic carbocycles. The lowest BCUT2D eigenvalue weighted by Gasteiger charge is -2.28. The van der Waals surface area contributed by atoms with Crippen molar-refractivity contribution in [3.63, 3.8) is 0 Å². The molecule has 0 bridgehead atoms. The van der Waals surface area contributed by atoms with Crippen molar-refractivity contribution < 1.29 is 23.9 Å². The zero-order valence-corrected chi connectivity index (χ0v) is 17.4. The van der Waals surface area contributed by atoms with Crippen molar-refractivity contribution in [2.24, 2.45) is 0 Å². The SMILES string of the molecule is CCCOc1cc(OC)ccc1/C=C1\C(=O)NC(=O)N(c2cc(C)ccc2C)C1=O. The van der Waals surface area contributed by atoms with Crippen molar-refractivity contribution in [2.75, 3.05) is 18.6 Å². The van der Waals surface area contributed by atoms with E-state index in [4.69, 9.17) is 9.47 Å². The summed E-state index contributed by atoms with van der Waals surface area (Å²) < 4.78 is 11.0. The van der Waals surface area contributed by atoms with Crippen LogP contribution in [0.2, 0.25) is 0 Å². The second-order valence-electron chi connectivity index (χ2n) is 7.00. The van der Waals surface area contributed by atoms with Gasteiger partial charge in [-0.1, -0.05) is 19.1 Å². The lowest BCUT2D eigenvalue weighted by atomic mass is 10.0. The van der Waals surface area contributed by atoms with Crippen molar-refractivity contribution >= 4 is 29.6 Å². The van der Waals surface area contributed by atoms with Gasteiger partial charge in [-0.3, -0.25) is 14.9 Å². The van der Waals surface area contributed by atoms with Crippen molar-refractivity contribution in [3.05, 3.63) is 58.7 Å². The minimum absolute atomic E-state index is 0.151. The summed E-state index contributed by atoms with van der Waals surface area (Å²) >= 11 is 0. The van der Waals surface area contributed by atoms with Gasteiger partial charge in [0.1, 0.15) is 17.1 Å². The predicted octanol–water partition coefficient (Wildman–Crippen LogP) is 3.77. The maximum absolute atomic E-state index is 13.2. The molecule has 0 spiro atoms. The molecule has 7 nitrogen and oxygen atoms in total. The fourth-order valence-corrected chi connectivity index (χ4v) is 3.09. The summed E-state index contributed by atoms with van der Waals surface area (Å²) in [5.74, 6) is -0.354. The summed E-state index contributed by atoms with van der Waals surface area (Å²) in [4.78, 5) is 39.1. The average Bonchev–Trinajstić information content (AvgIpc) is 2.72. The minimum Gasteiger partial charge on any atom is -0.497 e. The van der Waals surface area contributed by atoms with E-state index < -0.39 is 17.8 Å². The average molecular weight is 408 g/mol. The van der Waals surface area contributed by atoms with Crippen LogP contribution in [0.15, 0.2) is 42.0 Å². The highest BCUT2D eigenvalue weighted by atomic mass is 16.5. The van der Waals surface area contributed by atoms with E-state index in [1.807, 2.05) is 26.0 Å². The topological polar surface area (TPSA) is 84.9 Å². The number of aryl methyl sites for hydroxylation is 2. The molecule has 1 aliphatic rings. The smallest absolute Gasteiger partial charge is 0.335 e. The van der Waals surface area contributed by atoms with Crippen LogP contribution >= 0.6 is 0 Å². The molecule has 7 heteroatoms. The van der Waals surface area contributed by atoms with E-state index in [2.05, 4.69) is 5.32 Å². The molecule has 2 aromatic carbocycles. The Hall–Kier alpha value is -3.61. The normalized spacial score (nSPS) is 15.4. The summed E-state index contributed by atoms with van der Waals surface area (Å²) in [7, 11) is 1.54. The molecule has 1 aliphatic heterocycles. The maximum Gasteiger partial charge on any atom is 0.335 e. The number of rotatable bonds is 6. The van der Waals surface area contributed by atoms with Crippen molar-refractivity contribution in [1.29, 1.82) is 0 Å². The zero-order chi connectivity index (χ0) is 21.8. The fourth-order valence-electron chi connectivity index (χ4n) is 3.09. The molecule has 1 saturated heterocycles. The molecule has 4 amide bonds. The highest BCUT2D eigenvalue weighted by molar-refractivity contribution is 6.39. The first kappa shape index (κ1) is 21.1. The Bertz CT molecular complexity index is 1040. The highest BCUT2D eigenvalue weighted by Crippen LogP contribution is 2.30. The van der Waals surface area contributed by atoms with Gasteiger partial charge in [-0.15, -0.1) is 0 Å². The molecule has 0 radical (unpaired) electrons. The minimum atomic E-state index is -0.770. The number of imide groups is 2. The molecule has 0 atom stereocenters. The standard InChI is InChI=1S/C23H24N2O5/c1-5-10-30-20-13-17(29-4)9-8-16(20)12-18-21(26)24-23(28)25(22(18)27)19-11-14(2)6-7-15(19)3/h6-9,11-13H,5,10H2,1-4H3,(H,24,26,28)/b18-12+. The molecule has 1 heterocycles. The number of benzene rings is 2. The van der Waals surface area contributed by atoms with E-state index in [1.54, 1.807) is 38.3 Å². The molecule has 1 N–H and O–H groups in total. The fraction of sp³-hybridized carbons (Fsp3) is 0.261. The van der Waals surface area contributed by atoms with Gasteiger partial charge in [0.2, 0.25) is 0 Å². The number of barbiturate groups is 1. The summed E-state index contributed by atoms with van der Waals surface area (Å²) in [6.45, 7) is 6.11. The molecule has 156 valence electrons. The van der Waals surface area contributed by atoms with Gasteiger partial charge >= 0.3 is 6.03 Å². The van der Waals surface area contributed by atoms with Crippen LogP contribution in [0.4, 0.5) is 10.5 Å². The first-order valence-electron chi connectivity index (χ1n) is 9.65. The molecule has 1 fully saturated rings. The third kappa shape index (κ3) is 4.20. The van der Waals surface area contributed by atoms with Crippen molar-refractivity contribution in [1.82, 2.24) is 5.32 Å². The maximum atomic E-state index is 13.2. The Morgan fingerprint density at radius 1 is 1.07 bits per heavy atom. The van der Waals surface area contributed by atoms with Crippen LogP contribution in [0.5, 0.6) is 11.5 Å². The predicted molar refractivity (Wildman–Crippen MR) is 114 cm³/mol. The Morgan fingerprint density at radius 3 is 2.53 bits per heavy atom. The Labute approximate surface area is 175 Å². The molecule has 0 saturated carbocycles. The highest BCUT2D eigenvalue weighted by Gasteiger charge is 2.37. The number of hydrogen-bond donors (Lipinski definition) is 1. The number of nitrogens with one attached hydrogen (secondary N) is 1. The Kier molecular flexibility index (Phi) is 6.20. The van der Waals surface area contributed by atoms with E-state index >= 15 is 0 Å². The van der Waals surface area contributed by atoms with Crippen LogP contribution in [0, 0.1) is 13.8 Å². The van der Waals surface area contributed by atoms with Crippen LogP contribution in [0.25, 0.3) is 6.08 Å². The first-order chi connectivity index (χ1) is 14.3. The van der Waals surface area contributed by atoms with Crippen molar-refractivity contribution in [2.45, 2.75) is 27.2 Å². The number of methoxy groups -OCH3 is 1. The molecule has 0 unspecified atom stereocenters. The summed E-state index contributed by atoms with van der Waals surface area (Å²) in [5.41, 5.74) is 2.46. The molecule has 30 heavy (non-hydrogen) atoms. The van der Waals surface area contributed by atoms with Gasteiger partial charge in [0, 0.05) is 11.6 Å². The van der Waals surface area contributed by atoms with E-state index in [0.717, 1.165) is 22.4 Å². The number of hydrogen-bond acceptors (Lipinski definition) is 5. The Morgan fingerprint density at radius 2 is 1.83 bits per heavy atom. The lowest BCUT2D eigenvalue weighted by Crippen LogP contribution is -2.54. The number of carbonyl (C=O) groups is 3. The van der Waals surface area contributed by atoms with Gasteiger partial charge in [0.05, 0.1) is 19.4 Å². The summed E-state index contributed by atoms with van der Waals surface area (Å²) in [6, 6.07) is 9.80. The van der Waals surface area contributed by atoms with E-state index in [9.17, 15) is 14.4 Å². The molecule has 0 aromatic heterocycles. The van der Waals surface area contributed by atoms with E-state index in [1.165, 1.54) is 6.08 Å². The van der Waals surface area contributed by atoms with Gasteiger partial charge in [-0.05, 0) is 55.7 Å². The van der Waals surface area contributed by atoms with Crippen LogP contribution in [0.1, 0.15) is 30.0 Å².